The van der Waals surface area contributed by atoms with Gasteiger partial charge in [-0.2, -0.15) is 0 Å². The van der Waals surface area contributed by atoms with Gasteiger partial charge in [-0.1, -0.05) is 353 Å². The Bertz CT molecular complexity index is 1260. The summed E-state index contributed by atoms with van der Waals surface area (Å²) in [6.45, 7) is 6.71. The van der Waals surface area contributed by atoms with Crippen LogP contribution in [0.15, 0.2) is 24.3 Å². The highest BCUT2D eigenvalue weighted by Gasteiger charge is 2.19. The Balaban J connectivity index is 4.17. The molecule has 0 fully saturated rings. The fraction of sp³-hybridized carbons (Fsp3) is 0.903. The number of carbonyl (C=O) groups is 3. The minimum Gasteiger partial charge on any atom is -0.462 e. The van der Waals surface area contributed by atoms with Gasteiger partial charge in [0.1, 0.15) is 13.2 Å². The third kappa shape index (κ3) is 64.7. The predicted molar refractivity (Wildman–Crippen MR) is 340 cm³/mol. The molecule has 0 aromatic rings. The molecule has 6 heteroatoms. The fourth-order valence-corrected chi connectivity index (χ4v) is 10.9. The topological polar surface area (TPSA) is 78.9 Å². The van der Waals surface area contributed by atoms with Gasteiger partial charge in [-0.05, 0) is 51.4 Å². The van der Waals surface area contributed by atoms with Crippen molar-refractivity contribution in [3.8, 4) is 0 Å². The Morgan fingerprint density at radius 1 is 0.256 bits per heavy atom. The number of hydrogen-bond acceptors (Lipinski definition) is 6. The summed E-state index contributed by atoms with van der Waals surface area (Å²) in [6, 6.07) is 0. The predicted octanol–water partition coefficient (Wildman–Crippen LogP) is 24.2. The van der Waals surface area contributed by atoms with Gasteiger partial charge in [0, 0.05) is 19.3 Å². The average Bonchev–Trinajstić information content (AvgIpc) is 3.44. The Labute approximate surface area is 487 Å². The lowest BCUT2D eigenvalue weighted by Gasteiger charge is -2.18. The van der Waals surface area contributed by atoms with E-state index in [0.29, 0.717) is 19.3 Å². The Hall–Kier alpha value is -2.11. The molecule has 0 radical (unpaired) electrons. The van der Waals surface area contributed by atoms with E-state index >= 15 is 0 Å². The van der Waals surface area contributed by atoms with Crippen molar-refractivity contribution >= 4 is 17.9 Å². The van der Waals surface area contributed by atoms with E-state index in [4.69, 9.17) is 14.2 Å². The second-order valence-electron chi connectivity index (χ2n) is 24.2. The fourth-order valence-electron chi connectivity index (χ4n) is 10.9. The van der Waals surface area contributed by atoms with Crippen molar-refractivity contribution in [2.24, 2.45) is 0 Å². The molecule has 0 heterocycles. The van der Waals surface area contributed by atoms with E-state index in [1.54, 1.807) is 0 Å². The quantitative estimate of drug-likeness (QED) is 0.0261. The summed E-state index contributed by atoms with van der Waals surface area (Å²) in [6.07, 6.45) is 82.1. The number of esters is 3. The van der Waals surface area contributed by atoms with Crippen LogP contribution in [0.25, 0.3) is 0 Å². The summed E-state index contributed by atoms with van der Waals surface area (Å²) in [5.41, 5.74) is 0. The van der Waals surface area contributed by atoms with E-state index in [1.807, 2.05) is 0 Å². The second-order valence-corrected chi connectivity index (χ2v) is 24.2. The summed E-state index contributed by atoms with van der Waals surface area (Å²) in [7, 11) is 0. The zero-order chi connectivity index (χ0) is 56.4. The summed E-state index contributed by atoms with van der Waals surface area (Å²) in [5.74, 6) is -0.829. The van der Waals surface area contributed by atoms with Crippen molar-refractivity contribution in [3.05, 3.63) is 24.3 Å². The van der Waals surface area contributed by atoms with Gasteiger partial charge in [-0.25, -0.2) is 0 Å². The van der Waals surface area contributed by atoms with Gasteiger partial charge in [-0.3, -0.25) is 14.4 Å². The van der Waals surface area contributed by atoms with E-state index in [2.05, 4.69) is 45.1 Å². The molecule has 0 saturated carbocycles. The largest absolute Gasteiger partial charge is 0.462 e. The molecule has 6 nitrogen and oxygen atoms in total. The smallest absolute Gasteiger partial charge is 0.306 e. The minimum absolute atomic E-state index is 0.0631. The van der Waals surface area contributed by atoms with Gasteiger partial charge < -0.3 is 14.2 Å². The number of allylic oxidation sites excluding steroid dienone is 4. The Morgan fingerprint density at radius 2 is 0.462 bits per heavy atom. The van der Waals surface area contributed by atoms with Crippen LogP contribution in [0.3, 0.4) is 0 Å². The minimum atomic E-state index is -0.766. The maximum absolute atomic E-state index is 12.9. The summed E-state index contributed by atoms with van der Waals surface area (Å²) in [5, 5.41) is 0. The zero-order valence-electron chi connectivity index (χ0n) is 53.0. The summed E-state index contributed by atoms with van der Waals surface area (Å²) in [4.78, 5) is 38.4. The Kier molecular flexibility index (Phi) is 65.6. The van der Waals surface area contributed by atoms with E-state index in [9.17, 15) is 14.4 Å². The molecule has 0 rings (SSSR count). The van der Waals surface area contributed by atoms with Gasteiger partial charge in [0.25, 0.3) is 0 Å². The third-order valence-electron chi connectivity index (χ3n) is 16.2. The van der Waals surface area contributed by atoms with Crippen LogP contribution in [-0.4, -0.2) is 37.2 Å². The van der Waals surface area contributed by atoms with Crippen molar-refractivity contribution < 1.29 is 28.6 Å². The molecule has 0 aliphatic carbocycles. The van der Waals surface area contributed by atoms with Crippen molar-refractivity contribution in [1.29, 1.82) is 0 Å². The highest BCUT2D eigenvalue weighted by Crippen LogP contribution is 2.19. The van der Waals surface area contributed by atoms with Crippen molar-refractivity contribution in [3.63, 3.8) is 0 Å². The molecule has 0 aliphatic heterocycles. The number of carbonyl (C=O) groups excluding carboxylic acids is 3. The summed E-state index contributed by atoms with van der Waals surface area (Å²) >= 11 is 0. The highest BCUT2D eigenvalue weighted by molar-refractivity contribution is 5.71. The molecule has 0 aliphatic rings. The van der Waals surface area contributed by atoms with E-state index in [1.165, 1.54) is 295 Å². The van der Waals surface area contributed by atoms with Crippen LogP contribution in [0.2, 0.25) is 0 Å². The van der Waals surface area contributed by atoms with Gasteiger partial charge in [0.15, 0.2) is 6.10 Å². The average molecular weight is 1100 g/mol. The molecule has 0 spiro atoms. The van der Waals surface area contributed by atoms with E-state index in [0.717, 1.165) is 64.2 Å². The van der Waals surface area contributed by atoms with E-state index in [-0.39, 0.29) is 31.1 Å². The molecule has 0 bridgehead atoms. The third-order valence-corrected chi connectivity index (χ3v) is 16.2. The Morgan fingerprint density at radius 3 is 0.705 bits per heavy atom. The van der Waals surface area contributed by atoms with Crippen LogP contribution in [-0.2, 0) is 28.6 Å². The number of rotatable bonds is 66. The second kappa shape index (κ2) is 67.4. The summed E-state index contributed by atoms with van der Waals surface area (Å²) < 4.78 is 17.0. The molecule has 0 amide bonds. The first kappa shape index (κ1) is 75.9. The lowest BCUT2D eigenvalue weighted by molar-refractivity contribution is -0.167. The first-order valence-electron chi connectivity index (χ1n) is 35.3. The van der Waals surface area contributed by atoms with Crippen LogP contribution in [0.1, 0.15) is 400 Å². The molecule has 0 aromatic heterocycles. The first-order valence-corrected chi connectivity index (χ1v) is 35.3. The van der Waals surface area contributed by atoms with E-state index < -0.39 is 6.10 Å². The number of unbranched alkanes of at least 4 members (excludes halogenated alkanes) is 51. The van der Waals surface area contributed by atoms with Gasteiger partial charge in [0.2, 0.25) is 0 Å². The molecule has 0 N–H and O–H groups in total. The van der Waals surface area contributed by atoms with Gasteiger partial charge in [-0.15, -0.1) is 0 Å². The van der Waals surface area contributed by atoms with Crippen LogP contribution in [0.5, 0.6) is 0 Å². The normalized spacial score (nSPS) is 12.1. The van der Waals surface area contributed by atoms with Crippen LogP contribution in [0, 0.1) is 0 Å². The van der Waals surface area contributed by atoms with Crippen molar-refractivity contribution in [2.45, 2.75) is 406 Å². The number of hydrogen-bond donors (Lipinski definition) is 0. The molecule has 1 unspecified atom stereocenters. The number of ether oxygens (including phenoxy) is 3. The monoisotopic (exact) mass is 1100 g/mol. The SMILES string of the molecule is CCCCCCC/C=C\C/C=C\CCCCCCCCCCCCCCCCCCCC(=O)OCC(COC(=O)CCCCCCCCCCCCCCCCC)OC(=O)CCCCCCCCCCCCCCCCCC. The molecule has 1 atom stereocenters. The van der Waals surface area contributed by atoms with Gasteiger partial charge >= 0.3 is 17.9 Å². The molecule has 0 aromatic carbocycles. The molecular formula is C72H136O6. The maximum atomic E-state index is 12.9. The van der Waals surface area contributed by atoms with Gasteiger partial charge in [0.05, 0.1) is 0 Å². The lowest BCUT2D eigenvalue weighted by Crippen LogP contribution is -2.30. The molecule has 0 saturated heterocycles. The first-order chi connectivity index (χ1) is 38.5. The van der Waals surface area contributed by atoms with Crippen LogP contribution < -0.4 is 0 Å². The van der Waals surface area contributed by atoms with Crippen molar-refractivity contribution in [1.82, 2.24) is 0 Å². The molecule has 78 heavy (non-hydrogen) atoms. The van der Waals surface area contributed by atoms with Crippen LogP contribution in [0.4, 0.5) is 0 Å². The highest BCUT2D eigenvalue weighted by atomic mass is 16.6. The molecule has 460 valence electrons. The standard InChI is InChI=1S/C72H136O6/c1-4-7-10-13-16-19-22-25-28-30-31-32-33-34-35-36-37-38-39-40-41-42-45-47-50-53-56-59-62-65-71(74)77-68-69(67-76-70(73)64-61-58-55-52-49-46-43-27-24-21-18-15-12-9-6-3)78-72(75)66-63-60-57-54-51-48-44-29-26-23-20-17-14-11-8-5-2/h22,25,30-31,69H,4-21,23-24,26-29,32-68H2,1-3H3/b25-22-,31-30-. The van der Waals surface area contributed by atoms with Crippen LogP contribution >= 0.6 is 0 Å². The maximum Gasteiger partial charge on any atom is 0.306 e. The molecular weight excluding hydrogens is 961 g/mol. The lowest BCUT2D eigenvalue weighted by atomic mass is 10.0. The zero-order valence-corrected chi connectivity index (χ0v) is 53.0. The van der Waals surface area contributed by atoms with Crippen molar-refractivity contribution in [2.75, 3.05) is 13.2 Å².